The van der Waals surface area contributed by atoms with Gasteiger partial charge in [-0.25, -0.2) is 0 Å². The van der Waals surface area contributed by atoms with Crippen LogP contribution >= 0.6 is 0 Å². The zero-order chi connectivity index (χ0) is 29.2. The van der Waals surface area contributed by atoms with E-state index in [9.17, 15) is 4.79 Å². The molecule has 38 heavy (non-hydrogen) atoms. The number of aldehydes is 1. The Morgan fingerprint density at radius 2 is 1.53 bits per heavy atom. The number of rotatable bonds is 14. The summed E-state index contributed by atoms with van der Waals surface area (Å²) in [5.74, 6) is 0.581. The van der Waals surface area contributed by atoms with Crippen LogP contribution in [0.25, 0.3) is 0 Å². The van der Waals surface area contributed by atoms with Crippen LogP contribution in [0.5, 0.6) is 5.75 Å². The van der Waals surface area contributed by atoms with Gasteiger partial charge in [0, 0.05) is 12.5 Å². The number of epoxide rings is 1. The lowest BCUT2D eigenvalue weighted by Gasteiger charge is -2.43. The Bertz CT molecular complexity index is 903. The quantitative estimate of drug-likeness (QED) is 0.134. The van der Waals surface area contributed by atoms with Crippen LogP contribution in [-0.4, -0.2) is 61.1 Å². The summed E-state index contributed by atoms with van der Waals surface area (Å²) >= 11 is 0. The molecular weight excluding hydrogens is 512 g/mol. The molecule has 0 amide bonds. The highest BCUT2D eigenvalue weighted by Gasteiger charge is 2.63. The van der Waals surface area contributed by atoms with Crippen molar-refractivity contribution in [3.05, 3.63) is 29.8 Å². The van der Waals surface area contributed by atoms with Gasteiger partial charge in [-0.3, -0.25) is 0 Å². The zero-order valence-corrected chi connectivity index (χ0v) is 28.3. The van der Waals surface area contributed by atoms with E-state index in [-0.39, 0.29) is 28.2 Å². The van der Waals surface area contributed by atoms with Gasteiger partial charge in [-0.05, 0) is 60.9 Å². The first-order valence-corrected chi connectivity index (χ1v) is 19.8. The van der Waals surface area contributed by atoms with Crippen molar-refractivity contribution in [3.8, 4) is 5.75 Å². The fraction of sp³-hybridized carbons (Fsp3) is 0.767. The third kappa shape index (κ3) is 8.01. The molecule has 0 aromatic heterocycles. The maximum Gasteiger partial charge on any atom is 0.192 e. The fourth-order valence-corrected chi connectivity index (χ4v) is 6.60. The normalized spacial score (nSPS) is 23.0. The van der Waals surface area contributed by atoms with Gasteiger partial charge in [0.2, 0.25) is 0 Å². The molecule has 0 saturated carbocycles. The molecule has 1 saturated heterocycles. The van der Waals surface area contributed by atoms with Crippen LogP contribution < -0.4 is 4.74 Å². The van der Waals surface area contributed by atoms with Crippen molar-refractivity contribution in [2.45, 2.75) is 116 Å². The summed E-state index contributed by atoms with van der Waals surface area (Å²) in [7, 11) is -2.56. The molecule has 1 aliphatic heterocycles. The topological polar surface area (TPSA) is 66.5 Å². The number of benzene rings is 1. The second kappa shape index (κ2) is 12.2. The minimum absolute atomic E-state index is 0.00676. The first-order valence-electron chi connectivity index (χ1n) is 13.9. The van der Waals surface area contributed by atoms with Crippen LogP contribution in [-0.2, 0) is 29.7 Å². The zero-order valence-electron chi connectivity index (χ0n) is 26.3. The molecule has 1 fully saturated rings. The number of carbonyl (C=O) groups is 1. The van der Waals surface area contributed by atoms with Crippen molar-refractivity contribution in [1.82, 2.24) is 0 Å². The van der Waals surface area contributed by atoms with E-state index in [4.69, 9.17) is 23.1 Å². The van der Waals surface area contributed by atoms with Gasteiger partial charge < -0.3 is 27.9 Å². The van der Waals surface area contributed by atoms with Crippen molar-refractivity contribution >= 4 is 22.9 Å². The van der Waals surface area contributed by atoms with Gasteiger partial charge in [0.25, 0.3) is 0 Å². The van der Waals surface area contributed by atoms with E-state index in [1.807, 2.05) is 24.3 Å². The lowest BCUT2D eigenvalue weighted by molar-refractivity contribution is -0.117. The summed E-state index contributed by atoms with van der Waals surface area (Å²) < 4.78 is 31.2. The molecule has 5 atom stereocenters. The van der Waals surface area contributed by atoms with Gasteiger partial charge in [0.1, 0.15) is 17.6 Å². The van der Waals surface area contributed by atoms with Crippen LogP contribution in [0.4, 0.5) is 0 Å². The lowest BCUT2D eigenvalue weighted by Crippen LogP contribution is -2.53. The minimum Gasteiger partial charge on any atom is -0.497 e. The lowest BCUT2D eigenvalue weighted by atomic mass is 9.87. The average Bonchev–Trinajstić information content (AvgIpc) is 3.50. The summed E-state index contributed by atoms with van der Waals surface area (Å²) in [6, 6.07) is 7.91. The SMILES string of the molecule is COc1ccc(COC[C@H](C)[C@H]2O[C@]2(C)[C@@H](O[Si](C)(C)C(C)(C)C)[C@H](C=O)CO[Si](C)(C)C(C)(C)C)cc1. The molecule has 218 valence electrons. The highest BCUT2D eigenvalue weighted by molar-refractivity contribution is 6.74. The average molecular weight is 567 g/mol. The molecule has 8 heteroatoms. The largest absolute Gasteiger partial charge is 0.497 e. The van der Waals surface area contributed by atoms with E-state index in [0.29, 0.717) is 19.8 Å². The standard InChI is InChI=1S/C30H54O6Si2/c1-22(19-33-20-23-14-16-25(32-9)17-15-23)26-30(8,35-26)27(36-38(12,13)29(5,6)7)24(18-31)21-34-37(10,11)28(2,3)4/h14-18,22,24,26-27H,19-21H2,1-13H3/t22-,24+,26+,27-,30-/m0/s1. The third-order valence-corrected chi connectivity index (χ3v) is 18.0. The van der Waals surface area contributed by atoms with E-state index in [1.54, 1.807) is 7.11 Å². The molecule has 0 bridgehead atoms. The van der Waals surface area contributed by atoms with Crippen molar-refractivity contribution in [3.63, 3.8) is 0 Å². The van der Waals surface area contributed by atoms with Crippen LogP contribution in [0.1, 0.15) is 61.0 Å². The molecule has 1 heterocycles. The Labute approximate surface area is 234 Å². The van der Waals surface area contributed by atoms with E-state index in [1.165, 1.54) is 0 Å². The monoisotopic (exact) mass is 566 g/mol. The molecule has 0 radical (unpaired) electrons. The summed E-state index contributed by atoms with van der Waals surface area (Å²) in [5, 5.41) is 0.0707. The Morgan fingerprint density at radius 3 is 2.00 bits per heavy atom. The maximum atomic E-state index is 12.6. The second-order valence-electron chi connectivity index (χ2n) is 14.2. The van der Waals surface area contributed by atoms with Crippen molar-refractivity contribution < 1.29 is 27.9 Å². The highest BCUT2D eigenvalue weighted by Crippen LogP contribution is 2.50. The molecule has 0 N–H and O–H groups in total. The van der Waals surface area contributed by atoms with Crippen molar-refractivity contribution in [1.29, 1.82) is 0 Å². The molecule has 2 rings (SSSR count). The smallest absolute Gasteiger partial charge is 0.192 e. The van der Waals surface area contributed by atoms with Gasteiger partial charge in [0.05, 0.1) is 38.4 Å². The van der Waals surface area contributed by atoms with E-state index < -0.39 is 28.2 Å². The molecule has 1 aromatic carbocycles. The van der Waals surface area contributed by atoms with Crippen LogP contribution in [0.2, 0.25) is 36.3 Å². The molecule has 0 unspecified atom stereocenters. The summed E-state index contributed by atoms with van der Waals surface area (Å²) in [6.45, 7) is 27.9. The second-order valence-corrected chi connectivity index (χ2v) is 23.8. The third-order valence-electron chi connectivity index (χ3n) is 9.01. The summed E-state index contributed by atoms with van der Waals surface area (Å²) in [5.41, 5.74) is 0.529. The Kier molecular flexibility index (Phi) is 10.7. The maximum absolute atomic E-state index is 12.6. The Hall–Kier alpha value is -1.04. The number of hydrogen-bond donors (Lipinski definition) is 0. The first-order chi connectivity index (χ1) is 17.3. The number of hydrogen-bond acceptors (Lipinski definition) is 6. The molecule has 0 spiro atoms. The fourth-order valence-electron chi connectivity index (χ4n) is 4.16. The van der Waals surface area contributed by atoms with E-state index in [2.05, 4.69) is 81.6 Å². The number of carbonyl (C=O) groups excluding carboxylic acids is 1. The van der Waals surface area contributed by atoms with E-state index in [0.717, 1.165) is 17.6 Å². The van der Waals surface area contributed by atoms with Crippen molar-refractivity contribution in [2.24, 2.45) is 11.8 Å². The van der Waals surface area contributed by atoms with Gasteiger partial charge in [-0.2, -0.15) is 0 Å². The highest BCUT2D eigenvalue weighted by atomic mass is 28.4. The molecule has 1 aliphatic rings. The number of ether oxygens (including phenoxy) is 3. The predicted octanol–water partition coefficient (Wildman–Crippen LogP) is 7.23. The number of methoxy groups -OCH3 is 1. The summed E-state index contributed by atoms with van der Waals surface area (Å²) in [4.78, 5) is 12.6. The first kappa shape index (κ1) is 33.2. The van der Waals surface area contributed by atoms with Crippen LogP contribution in [0.15, 0.2) is 24.3 Å². The molecule has 0 aliphatic carbocycles. The van der Waals surface area contributed by atoms with Crippen LogP contribution in [0.3, 0.4) is 0 Å². The van der Waals surface area contributed by atoms with Crippen LogP contribution in [0, 0.1) is 11.8 Å². The van der Waals surface area contributed by atoms with Gasteiger partial charge in [0.15, 0.2) is 16.6 Å². The van der Waals surface area contributed by atoms with Gasteiger partial charge in [-0.1, -0.05) is 60.6 Å². The van der Waals surface area contributed by atoms with Crippen molar-refractivity contribution in [2.75, 3.05) is 20.3 Å². The van der Waals surface area contributed by atoms with Gasteiger partial charge in [-0.15, -0.1) is 0 Å². The Morgan fingerprint density at radius 1 is 0.974 bits per heavy atom. The molecule has 1 aromatic rings. The minimum atomic E-state index is -2.19. The molecule has 6 nitrogen and oxygen atoms in total. The summed E-state index contributed by atoms with van der Waals surface area (Å²) in [6.07, 6.45) is 0.600. The Balaban J connectivity index is 2.16. The predicted molar refractivity (Wildman–Crippen MR) is 160 cm³/mol. The van der Waals surface area contributed by atoms with E-state index >= 15 is 0 Å². The molecular formula is C30H54O6Si2. The van der Waals surface area contributed by atoms with Gasteiger partial charge >= 0.3 is 0 Å².